The molecule has 0 radical (unpaired) electrons. The van der Waals surface area contributed by atoms with Crippen LogP contribution in [0.1, 0.15) is 63.4 Å². The number of hydrogen-bond donors (Lipinski definition) is 0. The van der Waals surface area contributed by atoms with Gasteiger partial charge in [-0.15, -0.1) is 0 Å². The molecule has 3 fully saturated rings. The van der Waals surface area contributed by atoms with E-state index in [-0.39, 0.29) is 0 Å². The number of carbonyl (C=O) groups is 1. The van der Waals surface area contributed by atoms with Gasteiger partial charge in [0, 0.05) is 17.5 Å². The quantitative estimate of drug-likeness (QED) is 0.750. The van der Waals surface area contributed by atoms with Crippen LogP contribution in [0.3, 0.4) is 0 Å². The number of nitrogens with zero attached hydrogens (tertiary/aromatic N) is 1. The number of aryl methyl sites for hydroxylation is 1. The Balaban J connectivity index is 1.37. The summed E-state index contributed by atoms with van der Waals surface area (Å²) in [4.78, 5) is 12.8. The van der Waals surface area contributed by atoms with Gasteiger partial charge in [0.15, 0.2) is 12.4 Å². The van der Waals surface area contributed by atoms with Crippen molar-refractivity contribution in [2.45, 2.75) is 71.3 Å². The Hall–Kier alpha value is -1.18. The molecule has 0 bridgehead atoms. The standard InChI is InChI=1S/C22H32NO/c1-16-5-4-10-23(14-16)15-22(24)20-9-8-19-11-17-6-2-3-7-18(17)12-21(19)13-20/h4-5,10,14,17-21H,2-3,6-9,11-13,15H2,1H3/q+1/t17-,18+,19-,20+,21+/m0/s1. The highest BCUT2D eigenvalue weighted by Gasteiger charge is 2.42. The van der Waals surface area contributed by atoms with Crippen LogP contribution in [0.2, 0.25) is 0 Å². The lowest BCUT2D eigenvalue weighted by Crippen LogP contribution is -2.43. The molecule has 3 saturated carbocycles. The second-order valence-corrected chi connectivity index (χ2v) is 8.83. The maximum absolute atomic E-state index is 12.8. The molecule has 2 heteroatoms. The first-order valence-electron chi connectivity index (χ1n) is 10.2. The molecule has 24 heavy (non-hydrogen) atoms. The Labute approximate surface area is 146 Å². The minimum absolute atomic E-state index is 0.319. The zero-order chi connectivity index (χ0) is 16.5. The van der Waals surface area contributed by atoms with E-state index in [9.17, 15) is 4.79 Å². The first kappa shape index (κ1) is 16.3. The van der Waals surface area contributed by atoms with E-state index < -0.39 is 0 Å². The van der Waals surface area contributed by atoms with Gasteiger partial charge in [0.05, 0.1) is 0 Å². The number of aromatic nitrogens is 1. The van der Waals surface area contributed by atoms with Crippen molar-refractivity contribution < 1.29 is 9.36 Å². The molecule has 0 amide bonds. The van der Waals surface area contributed by atoms with Gasteiger partial charge in [-0.25, -0.2) is 0 Å². The molecule has 0 aromatic carbocycles. The highest BCUT2D eigenvalue weighted by Crippen LogP contribution is 2.51. The predicted molar refractivity (Wildman–Crippen MR) is 95.4 cm³/mol. The average molecular weight is 327 g/mol. The molecule has 1 aromatic heterocycles. The van der Waals surface area contributed by atoms with Crippen molar-refractivity contribution in [3.63, 3.8) is 0 Å². The number of hydrogen-bond acceptors (Lipinski definition) is 1. The van der Waals surface area contributed by atoms with E-state index in [1.807, 2.05) is 12.3 Å². The lowest BCUT2D eigenvalue weighted by atomic mass is 9.58. The molecule has 4 rings (SSSR count). The largest absolute Gasteiger partial charge is 0.292 e. The van der Waals surface area contributed by atoms with Crippen LogP contribution in [0, 0.1) is 36.5 Å². The van der Waals surface area contributed by atoms with Crippen molar-refractivity contribution in [1.29, 1.82) is 0 Å². The van der Waals surface area contributed by atoms with E-state index in [1.165, 1.54) is 56.9 Å². The number of carbonyl (C=O) groups excluding carboxylic acids is 1. The van der Waals surface area contributed by atoms with Crippen molar-refractivity contribution in [2.75, 3.05) is 0 Å². The Morgan fingerprint density at radius 3 is 2.46 bits per heavy atom. The Kier molecular flexibility index (Phi) is 4.74. The summed E-state index contributed by atoms with van der Waals surface area (Å²) in [6.45, 7) is 2.66. The minimum Gasteiger partial charge on any atom is -0.292 e. The summed E-state index contributed by atoms with van der Waals surface area (Å²) in [5.41, 5.74) is 1.23. The summed E-state index contributed by atoms with van der Waals surface area (Å²) < 4.78 is 2.07. The second kappa shape index (κ2) is 6.98. The molecule has 0 N–H and O–H groups in total. The molecule has 0 saturated heterocycles. The van der Waals surface area contributed by atoms with E-state index in [4.69, 9.17) is 0 Å². The maximum atomic E-state index is 12.8. The molecule has 1 aromatic rings. The van der Waals surface area contributed by atoms with Crippen molar-refractivity contribution in [3.05, 3.63) is 30.1 Å². The third-order valence-electron chi connectivity index (χ3n) is 7.22. The van der Waals surface area contributed by atoms with Crippen LogP contribution in [0.25, 0.3) is 0 Å². The topological polar surface area (TPSA) is 20.9 Å². The number of Topliss-reactive ketones (excluding diaryl/α,β-unsaturated/α-hetero) is 1. The zero-order valence-electron chi connectivity index (χ0n) is 15.1. The van der Waals surface area contributed by atoms with E-state index in [1.54, 1.807) is 0 Å². The summed E-state index contributed by atoms with van der Waals surface area (Å²) in [5, 5.41) is 0. The number of rotatable bonds is 3. The van der Waals surface area contributed by atoms with Crippen LogP contribution in [0.15, 0.2) is 24.5 Å². The van der Waals surface area contributed by atoms with Crippen molar-refractivity contribution in [3.8, 4) is 0 Å². The lowest BCUT2D eigenvalue weighted by Gasteiger charge is -2.47. The molecule has 3 aliphatic rings. The molecule has 0 aliphatic heterocycles. The third-order valence-corrected chi connectivity index (χ3v) is 7.22. The fraction of sp³-hybridized carbons (Fsp3) is 0.727. The summed E-state index contributed by atoms with van der Waals surface area (Å²) in [6.07, 6.45) is 16.5. The van der Waals surface area contributed by atoms with E-state index >= 15 is 0 Å². The first-order chi connectivity index (χ1) is 11.7. The normalized spacial score (nSPS) is 35.8. The molecule has 2 nitrogen and oxygen atoms in total. The SMILES string of the molecule is Cc1ccc[n+](CC(=O)[C@@H]2CC[C@H]3C[C@@H]4CCCC[C@@H]4C[C@@H]3C2)c1. The van der Waals surface area contributed by atoms with Gasteiger partial charge in [0.2, 0.25) is 12.3 Å². The fourth-order valence-corrected chi connectivity index (χ4v) is 5.96. The van der Waals surface area contributed by atoms with Crippen LogP contribution < -0.4 is 4.57 Å². The third kappa shape index (κ3) is 3.43. The molecule has 130 valence electrons. The lowest BCUT2D eigenvalue weighted by molar-refractivity contribution is -0.684. The highest BCUT2D eigenvalue weighted by atomic mass is 16.1. The molecule has 3 aliphatic carbocycles. The average Bonchev–Trinajstić information content (AvgIpc) is 2.59. The monoisotopic (exact) mass is 326 g/mol. The molecule has 0 spiro atoms. The van der Waals surface area contributed by atoms with Crippen LogP contribution >= 0.6 is 0 Å². The van der Waals surface area contributed by atoms with Crippen molar-refractivity contribution in [2.24, 2.45) is 29.6 Å². The van der Waals surface area contributed by atoms with Gasteiger partial charge < -0.3 is 0 Å². The van der Waals surface area contributed by atoms with Gasteiger partial charge in [-0.1, -0.05) is 25.7 Å². The number of fused-ring (bicyclic) bond motifs is 2. The van der Waals surface area contributed by atoms with E-state index in [2.05, 4.69) is 23.8 Å². The van der Waals surface area contributed by atoms with Crippen molar-refractivity contribution in [1.82, 2.24) is 0 Å². The second-order valence-electron chi connectivity index (χ2n) is 8.83. The molecule has 0 unspecified atom stereocenters. The van der Waals surface area contributed by atoms with E-state index in [0.29, 0.717) is 18.2 Å². The predicted octanol–water partition coefficient (Wildman–Crippen LogP) is 4.48. The van der Waals surface area contributed by atoms with Gasteiger partial charge >= 0.3 is 0 Å². The Bertz CT molecular complexity index is 595. The van der Waals surface area contributed by atoms with Gasteiger partial charge in [-0.2, -0.15) is 4.57 Å². The van der Waals surface area contributed by atoms with Crippen LogP contribution in [-0.4, -0.2) is 5.78 Å². The van der Waals surface area contributed by atoms with Gasteiger partial charge in [-0.3, -0.25) is 4.79 Å². The summed E-state index contributed by atoms with van der Waals surface area (Å²) in [6, 6.07) is 4.14. The maximum Gasteiger partial charge on any atom is 0.206 e. The minimum atomic E-state index is 0.319. The number of ketones is 1. The van der Waals surface area contributed by atoms with Crippen LogP contribution in [-0.2, 0) is 11.3 Å². The van der Waals surface area contributed by atoms with Crippen molar-refractivity contribution >= 4 is 5.78 Å². The summed E-state index contributed by atoms with van der Waals surface area (Å²) in [5.74, 6) is 4.57. The zero-order valence-corrected chi connectivity index (χ0v) is 15.1. The molecule has 5 atom stereocenters. The Morgan fingerprint density at radius 2 is 1.71 bits per heavy atom. The Morgan fingerprint density at radius 1 is 1.00 bits per heavy atom. The van der Waals surface area contributed by atoms with Gasteiger partial charge in [0.1, 0.15) is 0 Å². The van der Waals surface area contributed by atoms with Gasteiger partial charge in [0.25, 0.3) is 0 Å². The molecular weight excluding hydrogens is 294 g/mol. The van der Waals surface area contributed by atoms with Crippen LogP contribution in [0.5, 0.6) is 0 Å². The number of pyridine rings is 1. The highest BCUT2D eigenvalue weighted by molar-refractivity contribution is 5.79. The first-order valence-corrected chi connectivity index (χ1v) is 10.2. The van der Waals surface area contributed by atoms with Crippen LogP contribution in [0.4, 0.5) is 0 Å². The molecular formula is C22H32NO+. The molecule has 1 heterocycles. The van der Waals surface area contributed by atoms with Gasteiger partial charge in [-0.05, 0) is 68.8 Å². The fourth-order valence-electron chi connectivity index (χ4n) is 5.96. The van der Waals surface area contributed by atoms with E-state index in [0.717, 1.165) is 30.1 Å². The summed E-state index contributed by atoms with van der Waals surface area (Å²) in [7, 11) is 0. The smallest absolute Gasteiger partial charge is 0.206 e. The summed E-state index contributed by atoms with van der Waals surface area (Å²) >= 11 is 0.